The maximum absolute atomic E-state index is 11.3. The first-order valence-electron chi connectivity index (χ1n) is 11.9. The molecule has 4 saturated carbocycles. The summed E-state index contributed by atoms with van der Waals surface area (Å²) in [5.41, 5.74) is -1.24. The third kappa shape index (κ3) is 3.72. The van der Waals surface area contributed by atoms with Crippen molar-refractivity contribution in [2.24, 2.45) is 22.7 Å². The summed E-state index contributed by atoms with van der Waals surface area (Å²) < 4.78 is 7.31. The molecule has 2 aromatic heterocycles. The third-order valence-corrected chi connectivity index (χ3v) is 8.61. The normalized spacial score (nSPS) is 40.9. The van der Waals surface area contributed by atoms with Gasteiger partial charge in [-0.1, -0.05) is 0 Å². The van der Waals surface area contributed by atoms with Crippen LogP contribution in [0.1, 0.15) is 53.1 Å². The zero-order valence-electron chi connectivity index (χ0n) is 20.2. The van der Waals surface area contributed by atoms with Gasteiger partial charge >= 0.3 is 5.97 Å². The van der Waals surface area contributed by atoms with Gasteiger partial charge < -0.3 is 35.4 Å². The molecule has 4 unspecified atom stereocenters. The first kappa shape index (κ1) is 25.8. The molecule has 2 aromatic rings. The lowest BCUT2D eigenvalue weighted by Crippen LogP contribution is -2.35. The molecule has 4 fully saturated rings. The fourth-order valence-corrected chi connectivity index (χ4v) is 6.25. The number of nitrogens with zero attached hydrogens (tertiary/aromatic N) is 6. The van der Waals surface area contributed by atoms with Crippen molar-refractivity contribution in [3.8, 4) is 0 Å². The summed E-state index contributed by atoms with van der Waals surface area (Å²) in [6.45, 7) is 1.04. The van der Waals surface area contributed by atoms with E-state index in [9.17, 15) is 40.2 Å². The Bertz CT molecular complexity index is 1200. The Balaban J connectivity index is 0.000000152. The number of esters is 1. The maximum atomic E-state index is 11.3. The molecule has 0 spiro atoms. The molecule has 6 N–H and O–H groups in total. The zero-order chi connectivity index (χ0) is 26.9. The van der Waals surface area contributed by atoms with Gasteiger partial charge in [-0.25, -0.2) is 24.1 Å². The number of hydrogen-bond donors (Lipinski definition) is 6. The maximum Gasteiger partial charge on any atom is 0.377 e. The van der Waals surface area contributed by atoms with E-state index in [4.69, 9.17) is 0 Å². The van der Waals surface area contributed by atoms with Gasteiger partial charge in [0.2, 0.25) is 5.82 Å². The molecule has 0 aliphatic heterocycles. The minimum absolute atomic E-state index is 0.0194. The Morgan fingerprint density at radius 2 is 1.32 bits per heavy atom. The highest BCUT2D eigenvalue weighted by atomic mass is 16.5. The number of methoxy groups -OCH3 is 1. The van der Waals surface area contributed by atoms with E-state index in [1.54, 1.807) is 0 Å². The van der Waals surface area contributed by atoms with E-state index in [1.165, 1.54) is 36.1 Å². The topological polar surface area (TPSA) is 226 Å². The Hall–Kier alpha value is -2.82. The first-order chi connectivity index (χ1) is 17.6. The van der Waals surface area contributed by atoms with Gasteiger partial charge in [-0.05, 0) is 24.7 Å². The molecule has 0 saturated heterocycles. The van der Waals surface area contributed by atoms with Gasteiger partial charge in [0.15, 0.2) is 5.78 Å². The molecular weight excluding hydrogens is 492 g/mol. The van der Waals surface area contributed by atoms with Crippen molar-refractivity contribution in [2.45, 2.75) is 56.3 Å². The minimum Gasteiger partial charge on any atom is -0.463 e. The number of carbonyl (C=O) groups is 2. The number of aliphatic hydroxyl groups is 6. The van der Waals surface area contributed by atoms with E-state index in [0.29, 0.717) is 12.8 Å². The van der Waals surface area contributed by atoms with E-state index in [0.717, 1.165) is 0 Å². The first-order valence-corrected chi connectivity index (χ1v) is 11.9. The van der Waals surface area contributed by atoms with Gasteiger partial charge in [0.25, 0.3) is 5.82 Å². The van der Waals surface area contributed by atoms with Crippen molar-refractivity contribution in [1.82, 2.24) is 29.5 Å². The molecule has 202 valence electrons. The number of aromatic nitrogens is 6. The van der Waals surface area contributed by atoms with Crippen molar-refractivity contribution < 1.29 is 45.0 Å². The summed E-state index contributed by atoms with van der Waals surface area (Å²) in [5, 5.41) is 66.7. The average Bonchev–Trinajstić information content (AvgIpc) is 3.53. The van der Waals surface area contributed by atoms with Gasteiger partial charge in [-0.2, -0.15) is 0 Å². The molecule has 0 aromatic carbocycles. The van der Waals surface area contributed by atoms with Crippen LogP contribution >= 0.6 is 0 Å². The van der Waals surface area contributed by atoms with Crippen LogP contribution in [0.15, 0.2) is 12.7 Å². The number of ketones is 1. The third-order valence-electron chi connectivity index (χ3n) is 8.61. The average molecular weight is 523 g/mol. The Labute approximate surface area is 210 Å². The van der Waals surface area contributed by atoms with Crippen LogP contribution in [-0.2, 0) is 4.74 Å². The van der Waals surface area contributed by atoms with Crippen molar-refractivity contribution >= 4 is 11.8 Å². The van der Waals surface area contributed by atoms with Crippen molar-refractivity contribution in [3.05, 3.63) is 24.3 Å². The molecule has 10 atom stereocenters. The second-order valence-corrected chi connectivity index (χ2v) is 10.4. The SMILES string of the molecule is CC(=O)c1ncn([C@@H]2C3C[C@@]3(CO)C(O)[C@H]2O)n1.COC(=O)c1ncn([C@@H]2C3C[C@@]3(CO)C(O)[C@H]2O)n1. The Kier molecular flexibility index (Phi) is 6.20. The lowest BCUT2D eigenvalue weighted by atomic mass is 10.0. The molecule has 15 nitrogen and oxygen atoms in total. The van der Waals surface area contributed by atoms with Crippen LogP contribution in [0.2, 0.25) is 0 Å². The zero-order valence-corrected chi connectivity index (χ0v) is 20.2. The van der Waals surface area contributed by atoms with Crippen molar-refractivity contribution in [2.75, 3.05) is 20.3 Å². The molecule has 0 bridgehead atoms. The number of rotatable bonds is 6. The van der Waals surface area contributed by atoms with Gasteiger partial charge in [0.05, 0.1) is 44.6 Å². The van der Waals surface area contributed by atoms with Crippen LogP contribution in [0, 0.1) is 22.7 Å². The largest absolute Gasteiger partial charge is 0.463 e. The van der Waals surface area contributed by atoms with Crippen LogP contribution in [0.3, 0.4) is 0 Å². The Morgan fingerprint density at radius 3 is 1.68 bits per heavy atom. The summed E-state index contributed by atoms with van der Waals surface area (Å²) in [6.07, 6.45) is 0.0414. The number of fused-ring (bicyclic) bond motifs is 2. The molecule has 37 heavy (non-hydrogen) atoms. The van der Waals surface area contributed by atoms with Crippen molar-refractivity contribution in [3.63, 3.8) is 0 Å². The highest BCUT2D eigenvalue weighted by Gasteiger charge is 2.72. The van der Waals surface area contributed by atoms with E-state index < -0.39 is 53.3 Å². The number of hydrogen-bond acceptors (Lipinski definition) is 13. The molecular formula is C22H30N6O9. The standard InChI is InChI=1S/C11H15N3O5.C11H15N3O4/c1-19-10(18)9-12-4-14(13-9)6-5-2-11(5,3-15)8(17)7(6)16;1-5(16)10-12-4-14(13-10)7-6-2-11(6,3-15)9(18)8(7)17/h4-8,15-17H,2-3H2,1H3;4,6-9,15,17-18H,2-3H2,1H3/t5?,6-,7+,8?,11+;6?,7-,8+,9?,11+/m11/s1. The van der Waals surface area contributed by atoms with Gasteiger partial charge in [-0.15, -0.1) is 10.2 Å². The predicted octanol–water partition coefficient (Wildman–Crippen LogP) is -2.90. The molecule has 6 rings (SSSR count). The summed E-state index contributed by atoms with van der Waals surface area (Å²) in [5.74, 6) is -0.976. The van der Waals surface area contributed by atoms with Crippen LogP contribution in [0.4, 0.5) is 0 Å². The van der Waals surface area contributed by atoms with E-state index in [2.05, 4.69) is 24.9 Å². The van der Waals surface area contributed by atoms with Gasteiger partial charge in [-0.3, -0.25) is 4.79 Å². The van der Waals surface area contributed by atoms with Crippen LogP contribution in [-0.4, -0.2) is 117 Å². The van der Waals surface area contributed by atoms with E-state index in [1.807, 2.05) is 0 Å². The predicted molar refractivity (Wildman–Crippen MR) is 119 cm³/mol. The molecule has 0 amide bonds. The number of carbonyl (C=O) groups excluding carboxylic acids is 2. The summed E-state index contributed by atoms with van der Waals surface area (Å²) >= 11 is 0. The van der Waals surface area contributed by atoms with Crippen molar-refractivity contribution in [1.29, 1.82) is 0 Å². The van der Waals surface area contributed by atoms with E-state index in [-0.39, 0.29) is 42.5 Å². The minimum atomic E-state index is -1.03. The second kappa shape index (κ2) is 8.89. The lowest BCUT2D eigenvalue weighted by Gasteiger charge is -2.22. The van der Waals surface area contributed by atoms with Gasteiger partial charge in [0.1, 0.15) is 24.9 Å². The fourth-order valence-electron chi connectivity index (χ4n) is 6.25. The molecule has 2 heterocycles. The second-order valence-electron chi connectivity index (χ2n) is 10.4. The fraction of sp³-hybridized carbons (Fsp3) is 0.727. The number of Topliss-reactive ketones (excluding diaryl/α,β-unsaturated/α-hetero) is 1. The van der Waals surface area contributed by atoms with E-state index >= 15 is 0 Å². The highest BCUT2D eigenvalue weighted by Crippen LogP contribution is 2.67. The lowest BCUT2D eigenvalue weighted by molar-refractivity contribution is -0.0318. The monoisotopic (exact) mass is 522 g/mol. The molecule has 0 radical (unpaired) electrons. The number of aliphatic hydroxyl groups excluding tert-OH is 6. The Morgan fingerprint density at radius 1 is 0.892 bits per heavy atom. The molecule has 4 aliphatic rings. The summed E-state index contributed by atoms with van der Waals surface area (Å²) in [7, 11) is 1.23. The molecule has 15 heteroatoms. The van der Waals surface area contributed by atoms with Crippen LogP contribution in [0.5, 0.6) is 0 Å². The quantitative estimate of drug-likeness (QED) is 0.165. The molecule has 4 aliphatic carbocycles. The number of ether oxygens (including phenoxy) is 1. The highest BCUT2D eigenvalue weighted by molar-refractivity contribution is 5.89. The summed E-state index contributed by atoms with van der Waals surface area (Å²) in [4.78, 5) is 30.1. The smallest absolute Gasteiger partial charge is 0.377 e. The summed E-state index contributed by atoms with van der Waals surface area (Å²) in [6, 6.07) is -0.902. The van der Waals surface area contributed by atoms with Gasteiger partial charge in [0, 0.05) is 17.8 Å². The van der Waals surface area contributed by atoms with Crippen LogP contribution < -0.4 is 0 Å². The van der Waals surface area contributed by atoms with Crippen LogP contribution in [0.25, 0.3) is 0 Å².